The largest absolute Gasteiger partial charge is 0.392 e. The third-order valence-corrected chi connectivity index (χ3v) is 2.79. The molecule has 1 aromatic rings. The second-order valence-electron chi connectivity index (χ2n) is 4.43. The van der Waals surface area contributed by atoms with E-state index < -0.39 is 12.1 Å². The number of nitrogens with two attached hydrogens (primary N) is 1. The van der Waals surface area contributed by atoms with Gasteiger partial charge in [0.15, 0.2) is 0 Å². The zero-order chi connectivity index (χ0) is 12.4. The summed E-state index contributed by atoms with van der Waals surface area (Å²) in [7, 11) is 0. The summed E-state index contributed by atoms with van der Waals surface area (Å²) < 4.78 is 0. The van der Waals surface area contributed by atoms with Crippen LogP contribution in [0.2, 0.25) is 0 Å². The Balaban J connectivity index is 1.86. The predicted octanol–water partition coefficient (Wildman–Crippen LogP) is -0.880. The van der Waals surface area contributed by atoms with E-state index in [0.717, 1.165) is 18.7 Å². The summed E-state index contributed by atoms with van der Waals surface area (Å²) in [4.78, 5) is 15.7. The molecule has 0 radical (unpaired) electrons. The van der Waals surface area contributed by atoms with Gasteiger partial charge in [0.2, 0.25) is 5.82 Å². The molecule has 1 aliphatic carbocycles. The Morgan fingerprint density at radius 2 is 2.41 bits per heavy atom. The van der Waals surface area contributed by atoms with E-state index in [-0.39, 0.29) is 18.3 Å². The first-order valence-corrected chi connectivity index (χ1v) is 5.72. The lowest BCUT2D eigenvalue weighted by Crippen LogP contribution is -2.43. The van der Waals surface area contributed by atoms with Crippen LogP contribution >= 0.6 is 0 Å². The van der Waals surface area contributed by atoms with Gasteiger partial charge in [0.25, 0.3) is 5.91 Å². The molecular formula is C10H17N5O2. The van der Waals surface area contributed by atoms with Crippen molar-refractivity contribution in [1.29, 1.82) is 0 Å². The second-order valence-corrected chi connectivity index (χ2v) is 4.43. The van der Waals surface area contributed by atoms with Crippen molar-refractivity contribution in [2.75, 3.05) is 6.54 Å². The molecule has 1 saturated carbocycles. The van der Waals surface area contributed by atoms with E-state index in [1.807, 2.05) is 0 Å². The molecule has 2 atom stereocenters. The minimum atomic E-state index is -0.663. The Labute approximate surface area is 98.8 Å². The van der Waals surface area contributed by atoms with Crippen molar-refractivity contribution in [2.24, 2.45) is 5.73 Å². The SMILES string of the molecule is CC(O)C(N)CNC(=O)c1n[nH]c(C2CC2)n1. The summed E-state index contributed by atoms with van der Waals surface area (Å²) in [5, 5.41) is 18.4. The number of carbonyl (C=O) groups is 1. The van der Waals surface area contributed by atoms with E-state index in [2.05, 4.69) is 20.5 Å². The number of aliphatic hydroxyl groups is 1. The van der Waals surface area contributed by atoms with Gasteiger partial charge in [-0.2, -0.15) is 0 Å². The summed E-state index contributed by atoms with van der Waals surface area (Å²) in [6.45, 7) is 1.78. The van der Waals surface area contributed by atoms with Crippen molar-refractivity contribution >= 4 is 5.91 Å². The Kier molecular flexibility index (Phi) is 3.39. The van der Waals surface area contributed by atoms with Crippen molar-refractivity contribution in [1.82, 2.24) is 20.5 Å². The molecule has 7 nitrogen and oxygen atoms in total. The number of nitrogens with zero attached hydrogens (tertiary/aromatic N) is 2. The molecule has 1 heterocycles. The third-order valence-electron chi connectivity index (χ3n) is 2.79. The lowest BCUT2D eigenvalue weighted by Gasteiger charge is -2.14. The van der Waals surface area contributed by atoms with Crippen LogP contribution < -0.4 is 11.1 Å². The van der Waals surface area contributed by atoms with E-state index in [1.165, 1.54) is 0 Å². The molecule has 94 valence electrons. The normalized spacial score (nSPS) is 18.8. The standard InChI is InChI=1S/C10H17N5O2/c1-5(16)7(11)4-12-10(17)9-13-8(14-15-9)6-2-3-6/h5-7,16H,2-4,11H2,1H3,(H,12,17)(H,13,14,15). The molecule has 0 aliphatic heterocycles. The smallest absolute Gasteiger partial charge is 0.291 e. The molecule has 7 heteroatoms. The molecule has 1 aromatic heterocycles. The van der Waals surface area contributed by atoms with Crippen LogP contribution in [-0.4, -0.2) is 44.9 Å². The first-order chi connectivity index (χ1) is 8.08. The van der Waals surface area contributed by atoms with Crippen LogP contribution in [0.15, 0.2) is 0 Å². The van der Waals surface area contributed by atoms with E-state index in [9.17, 15) is 9.90 Å². The van der Waals surface area contributed by atoms with Crippen LogP contribution in [0.5, 0.6) is 0 Å². The number of hydrogen-bond donors (Lipinski definition) is 4. The monoisotopic (exact) mass is 239 g/mol. The first-order valence-electron chi connectivity index (χ1n) is 5.72. The zero-order valence-electron chi connectivity index (χ0n) is 9.68. The highest BCUT2D eigenvalue weighted by molar-refractivity contribution is 5.90. The maximum absolute atomic E-state index is 11.6. The fraction of sp³-hybridized carbons (Fsp3) is 0.700. The average Bonchev–Trinajstić information content (AvgIpc) is 3.03. The third kappa shape index (κ3) is 3.01. The summed E-state index contributed by atoms with van der Waals surface area (Å²) in [5.41, 5.74) is 5.59. The van der Waals surface area contributed by atoms with Crippen LogP contribution in [0.4, 0.5) is 0 Å². The highest BCUT2D eigenvalue weighted by atomic mass is 16.3. The number of hydrogen-bond acceptors (Lipinski definition) is 5. The molecule has 0 saturated heterocycles. The summed E-state index contributed by atoms with van der Waals surface area (Å²) >= 11 is 0. The van der Waals surface area contributed by atoms with Gasteiger partial charge in [-0.1, -0.05) is 0 Å². The summed E-state index contributed by atoms with van der Waals surface area (Å²) in [6.07, 6.45) is 1.54. The zero-order valence-corrected chi connectivity index (χ0v) is 9.68. The van der Waals surface area contributed by atoms with Crippen molar-refractivity contribution in [2.45, 2.75) is 37.8 Å². The van der Waals surface area contributed by atoms with Crippen LogP contribution in [0.1, 0.15) is 42.1 Å². The average molecular weight is 239 g/mol. The van der Waals surface area contributed by atoms with Gasteiger partial charge in [0, 0.05) is 18.5 Å². The van der Waals surface area contributed by atoms with Crippen molar-refractivity contribution in [3.05, 3.63) is 11.6 Å². The molecular weight excluding hydrogens is 222 g/mol. The van der Waals surface area contributed by atoms with Gasteiger partial charge in [-0.15, -0.1) is 5.10 Å². The van der Waals surface area contributed by atoms with Crippen molar-refractivity contribution in [3.63, 3.8) is 0 Å². The highest BCUT2D eigenvalue weighted by Gasteiger charge is 2.28. The molecule has 1 amide bonds. The fourth-order valence-corrected chi connectivity index (χ4v) is 1.38. The van der Waals surface area contributed by atoms with E-state index in [1.54, 1.807) is 6.92 Å². The maximum Gasteiger partial charge on any atom is 0.291 e. The molecule has 0 spiro atoms. The molecule has 5 N–H and O–H groups in total. The Hall–Kier alpha value is -1.47. The van der Waals surface area contributed by atoms with Crippen LogP contribution in [0, 0.1) is 0 Å². The lowest BCUT2D eigenvalue weighted by molar-refractivity contribution is 0.0927. The molecule has 0 aromatic carbocycles. The molecule has 0 bridgehead atoms. The van der Waals surface area contributed by atoms with Gasteiger partial charge < -0.3 is 16.2 Å². The number of aromatic amines is 1. The minimum Gasteiger partial charge on any atom is -0.392 e. The molecule has 2 rings (SSSR count). The van der Waals surface area contributed by atoms with Gasteiger partial charge in [-0.05, 0) is 19.8 Å². The summed E-state index contributed by atoms with van der Waals surface area (Å²) in [6, 6.07) is -0.485. The lowest BCUT2D eigenvalue weighted by atomic mass is 10.2. The number of amides is 1. The van der Waals surface area contributed by atoms with Gasteiger partial charge in [0.1, 0.15) is 5.82 Å². The number of aromatic nitrogens is 3. The van der Waals surface area contributed by atoms with E-state index in [0.29, 0.717) is 5.92 Å². The van der Waals surface area contributed by atoms with Gasteiger partial charge in [-0.25, -0.2) is 4.98 Å². The minimum absolute atomic E-state index is 0.129. The number of nitrogens with one attached hydrogen (secondary N) is 2. The summed E-state index contributed by atoms with van der Waals surface area (Å²) in [5.74, 6) is 0.965. The number of H-pyrrole nitrogens is 1. The number of aliphatic hydroxyl groups excluding tert-OH is 1. The van der Waals surface area contributed by atoms with E-state index in [4.69, 9.17) is 5.73 Å². The van der Waals surface area contributed by atoms with Gasteiger partial charge >= 0.3 is 0 Å². The molecule has 1 aliphatic rings. The topological polar surface area (TPSA) is 117 Å². The van der Waals surface area contributed by atoms with Gasteiger partial charge in [-0.3, -0.25) is 9.89 Å². The molecule has 2 unspecified atom stereocenters. The van der Waals surface area contributed by atoms with Crippen molar-refractivity contribution < 1.29 is 9.90 Å². The quantitative estimate of drug-likeness (QED) is 0.532. The Morgan fingerprint density at radius 1 is 1.71 bits per heavy atom. The molecule has 17 heavy (non-hydrogen) atoms. The van der Waals surface area contributed by atoms with E-state index >= 15 is 0 Å². The highest BCUT2D eigenvalue weighted by Crippen LogP contribution is 2.37. The number of rotatable bonds is 5. The Morgan fingerprint density at radius 3 is 3.00 bits per heavy atom. The Bertz CT molecular complexity index is 399. The van der Waals surface area contributed by atoms with Crippen molar-refractivity contribution in [3.8, 4) is 0 Å². The maximum atomic E-state index is 11.6. The van der Waals surface area contributed by atoms with Crippen LogP contribution in [-0.2, 0) is 0 Å². The first kappa shape index (κ1) is 12.0. The van der Waals surface area contributed by atoms with Crippen LogP contribution in [0.3, 0.4) is 0 Å². The second kappa shape index (κ2) is 4.80. The molecule has 1 fully saturated rings. The predicted molar refractivity (Wildman–Crippen MR) is 60.3 cm³/mol. The number of carbonyl (C=O) groups excluding carboxylic acids is 1. The van der Waals surface area contributed by atoms with Crippen LogP contribution in [0.25, 0.3) is 0 Å². The van der Waals surface area contributed by atoms with Gasteiger partial charge in [0.05, 0.1) is 6.10 Å². The fourth-order valence-electron chi connectivity index (χ4n) is 1.38.